The highest BCUT2D eigenvalue weighted by Crippen LogP contribution is 2.47. The topological polar surface area (TPSA) is 150 Å². The SMILES string of the molecule is Cc1ccc(S(=O)(=O)c2ccccc2[C@](C)(C#N)[C@H]2CCC(=O)[C@@H]2C)cc1.Cc1ccc(S(=O)(=O)c2ccccc2[C@](C)(C#N)[C@H]2CCC(=O)[C@@H]2C)cc1. The maximum Gasteiger partial charge on any atom is 0.206 e. The van der Waals surface area contributed by atoms with Crippen LogP contribution in [0.25, 0.3) is 0 Å². The highest BCUT2D eigenvalue weighted by Gasteiger charge is 2.48. The molecule has 2 aliphatic rings. The zero-order valence-electron chi connectivity index (χ0n) is 31.5. The Hall–Kier alpha value is -4.90. The molecule has 10 heteroatoms. The summed E-state index contributed by atoms with van der Waals surface area (Å²) in [5.74, 6) is -0.649. The normalized spacial score (nSPS) is 22.2. The summed E-state index contributed by atoms with van der Waals surface area (Å²) in [6, 6.07) is 31.5. The second kappa shape index (κ2) is 15.5. The van der Waals surface area contributed by atoms with E-state index < -0.39 is 30.5 Å². The number of sulfone groups is 2. The van der Waals surface area contributed by atoms with Crippen LogP contribution >= 0.6 is 0 Å². The molecule has 0 heterocycles. The molecule has 0 amide bonds. The predicted molar refractivity (Wildman–Crippen MR) is 206 cm³/mol. The van der Waals surface area contributed by atoms with Gasteiger partial charge in [0.25, 0.3) is 0 Å². The smallest absolute Gasteiger partial charge is 0.206 e. The van der Waals surface area contributed by atoms with Gasteiger partial charge in [-0.1, -0.05) is 85.6 Å². The number of aryl methyl sites for hydroxylation is 2. The number of rotatable bonds is 8. The molecule has 0 saturated heterocycles. The van der Waals surface area contributed by atoms with E-state index in [0.717, 1.165) is 11.1 Å². The van der Waals surface area contributed by atoms with Crippen molar-refractivity contribution in [2.45, 2.75) is 97.6 Å². The molecular formula is C44H46N2O6S2. The summed E-state index contributed by atoms with van der Waals surface area (Å²) in [6.45, 7) is 11.0. The van der Waals surface area contributed by atoms with Crippen LogP contribution in [0.1, 0.15) is 75.6 Å². The molecule has 2 aliphatic carbocycles. The third-order valence-electron chi connectivity index (χ3n) is 11.7. The van der Waals surface area contributed by atoms with E-state index in [0.29, 0.717) is 36.8 Å². The van der Waals surface area contributed by atoms with Gasteiger partial charge >= 0.3 is 0 Å². The molecule has 0 radical (unpaired) electrons. The van der Waals surface area contributed by atoms with Crippen LogP contribution in [0.4, 0.5) is 0 Å². The van der Waals surface area contributed by atoms with E-state index >= 15 is 0 Å². The fourth-order valence-corrected chi connectivity index (χ4v) is 11.4. The minimum atomic E-state index is -3.78. The number of nitriles is 2. The van der Waals surface area contributed by atoms with Crippen LogP contribution in [0.15, 0.2) is 117 Å². The van der Waals surface area contributed by atoms with Crippen molar-refractivity contribution in [2.75, 3.05) is 0 Å². The van der Waals surface area contributed by atoms with E-state index in [9.17, 15) is 36.9 Å². The summed E-state index contributed by atoms with van der Waals surface area (Å²) in [4.78, 5) is 24.9. The third-order valence-corrected chi connectivity index (χ3v) is 15.4. The molecule has 0 N–H and O–H groups in total. The molecule has 54 heavy (non-hydrogen) atoms. The highest BCUT2D eigenvalue weighted by atomic mass is 32.2. The number of hydrogen-bond acceptors (Lipinski definition) is 8. The zero-order valence-corrected chi connectivity index (χ0v) is 33.2. The van der Waals surface area contributed by atoms with Gasteiger partial charge in [0.05, 0.1) is 42.6 Å². The van der Waals surface area contributed by atoms with Gasteiger partial charge in [0, 0.05) is 24.7 Å². The predicted octanol–water partition coefficient (Wildman–Crippen LogP) is 8.45. The first-order valence-electron chi connectivity index (χ1n) is 18.1. The molecule has 0 spiro atoms. The first kappa shape index (κ1) is 40.3. The molecule has 6 atom stereocenters. The van der Waals surface area contributed by atoms with Crippen molar-refractivity contribution in [3.05, 3.63) is 119 Å². The number of benzene rings is 4. The molecule has 0 bridgehead atoms. The average molecular weight is 763 g/mol. The second-order valence-electron chi connectivity index (χ2n) is 15.1. The van der Waals surface area contributed by atoms with E-state index in [1.807, 2.05) is 27.7 Å². The van der Waals surface area contributed by atoms with Gasteiger partial charge in [0.2, 0.25) is 19.7 Å². The summed E-state index contributed by atoms with van der Waals surface area (Å²) < 4.78 is 53.3. The fourth-order valence-electron chi connectivity index (χ4n) is 8.21. The second-order valence-corrected chi connectivity index (χ2v) is 18.9. The Morgan fingerprint density at radius 3 is 1.15 bits per heavy atom. The van der Waals surface area contributed by atoms with Gasteiger partial charge in [-0.05, 0) is 99.9 Å². The van der Waals surface area contributed by atoms with Crippen LogP contribution in [0.2, 0.25) is 0 Å². The Morgan fingerprint density at radius 1 is 0.556 bits per heavy atom. The number of carbonyl (C=O) groups excluding carboxylic acids is 2. The Bertz CT molecular complexity index is 2210. The van der Waals surface area contributed by atoms with Crippen LogP contribution in [-0.2, 0) is 40.1 Å². The third kappa shape index (κ3) is 7.30. The monoisotopic (exact) mass is 762 g/mol. The summed E-state index contributed by atoms with van der Waals surface area (Å²) in [5, 5.41) is 20.1. The minimum Gasteiger partial charge on any atom is -0.299 e. The van der Waals surface area contributed by atoms with E-state index in [4.69, 9.17) is 0 Å². The quantitative estimate of drug-likeness (QED) is 0.174. The summed E-state index contributed by atoms with van der Waals surface area (Å²) in [7, 11) is -7.55. The molecule has 4 aromatic rings. The molecule has 0 aromatic heterocycles. The lowest BCUT2D eigenvalue weighted by molar-refractivity contribution is -0.121. The molecule has 0 unspecified atom stereocenters. The Labute approximate surface area is 319 Å². The van der Waals surface area contributed by atoms with Gasteiger partial charge in [-0.15, -0.1) is 0 Å². The standard InChI is InChI=1S/2C22H23NO3S/c2*1-15-8-10-17(11-9-15)27(25,26)21-7-5-4-6-19(21)22(3,14-23)18-12-13-20(24)16(18)2/h2*4-11,16,18H,12-13H2,1-3H3/t2*16-,18+,22-/m11/s1. The van der Waals surface area contributed by atoms with Crippen molar-refractivity contribution in [2.24, 2.45) is 23.7 Å². The number of carbonyl (C=O) groups is 2. The molecule has 8 nitrogen and oxygen atoms in total. The maximum atomic E-state index is 13.3. The maximum absolute atomic E-state index is 13.3. The van der Waals surface area contributed by atoms with Crippen molar-refractivity contribution >= 4 is 31.2 Å². The number of ketones is 2. The minimum absolute atomic E-state index is 0.139. The average Bonchev–Trinajstić information content (AvgIpc) is 3.70. The fraction of sp³-hybridized carbons (Fsp3) is 0.364. The number of nitrogens with zero attached hydrogens (tertiary/aromatic N) is 2. The first-order valence-corrected chi connectivity index (χ1v) is 21.1. The molecule has 2 fully saturated rings. The van der Waals surface area contributed by atoms with Gasteiger partial charge < -0.3 is 0 Å². The van der Waals surface area contributed by atoms with E-state index in [2.05, 4.69) is 12.1 Å². The molecule has 280 valence electrons. The summed E-state index contributed by atoms with van der Waals surface area (Å²) in [6.07, 6.45) is 2.08. The van der Waals surface area contributed by atoms with E-state index in [-0.39, 0.29) is 54.8 Å². The van der Waals surface area contributed by atoms with Crippen molar-refractivity contribution in [1.29, 1.82) is 10.5 Å². The first-order chi connectivity index (χ1) is 25.4. The van der Waals surface area contributed by atoms with Crippen molar-refractivity contribution in [3.8, 4) is 12.1 Å². The largest absolute Gasteiger partial charge is 0.299 e. The number of hydrogen-bond donors (Lipinski definition) is 0. The lowest BCUT2D eigenvalue weighted by Gasteiger charge is -2.33. The number of Topliss-reactive ketones (excluding diaryl/α,β-unsaturated/α-hetero) is 2. The van der Waals surface area contributed by atoms with Crippen LogP contribution < -0.4 is 0 Å². The van der Waals surface area contributed by atoms with Crippen LogP contribution in [0.5, 0.6) is 0 Å². The van der Waals surface area contributed by atoms with Crippen LogP contribution in [0, 0.1) is 60.2 Å². The van der Waals surface area contributed by atoms with Gasteiger partial charge in [-0.2, -0.15) is 10.5 Å². The molecular weight excluding hydrogens is 717 g/mol. The summed E-state index contributed by atoms with van der Waals surface area (Å²) in [5.41, 5.74) is 0.781. The Kier molecular flexibility index (Phi) is 11.5. The molecule has 2 saturated carbocycles. The Morgan fingerprint density at radius 2 is 0.870 bits per heavy atom. The highest BCUT2D eigenvalue weighted by molar-refractivity contribution is 7.91. The molecule has 4 aromatic carbocycles. The van der Waals surface area contributed by atoms with Crippen LogP contribution in [-0.4, -0.2) is 28.4 Å². The lowest BCUT2D eigenvalue weighted by atomic mass is 9.69. The van der Waals surface area contributed by atoms with Gasteiger partial charge in [-0.3, -0.25) is 9.59 Å². The van der Waals surface area contributed by atoms with Gasteiger partial charge in [0.15, 0.2) is 0 Å². The Balaban J connectivity index is 0.000000208. The van der Waals surface area contributed by atoms with Crippen molar-refractivity contribution in [1.82, 2.24) is 0 Å². The van der Waals surface area contributed by atoms with Crippen molar-refractivity contribution < 1.29 is 26.4 Å². The van der Waals surface area contributed by atoms with Crippen molar-refractivity contribution in [3.63, 3.8) is 0 Å². The lowest BCUT2D eigenvalue weighted by Crippen LogP contribution is -2.35. The van der Waals surface area contributed by atoms with E-state index in [1.165, 1.54) is 0 Å². The zero-order chi connectivity index (χ0) is 39.6. The molecule has 6 rings (SSSR count). The summed E-state index contributed by atoms with van der Waals surface area (Å²) >= 11 is 0. The van der Waals surface area contributed by atoms with Gasteiger partial charge in [0.1, 0.15) is 11.6 Å². The van der Waals surface area contributed by atoms with Crippen LogP contribution in [0.3, 0.4) is 0 Å². The van der Waals surface area contributed by atoms with E-state index in [1.54, 1.807) is 111 Å². The van der Waals surface area contributed by atoms with Gasteiger partial charge in [-0.25, -0.2) is 16.8 Å². The molecule has 0 aliphatic heterocycles.